The van der Waals surface area contributed by atoms with Crippen molar-refractivity contribution in [3.05, 3.63) is 336 Å². The van der Waals surface area contributed by atoms with E-state index in [1.54, 1.807) is 0 Å². The fourth-order valence-electron chi connectivity index (χ4n) is 14.1. The van der Waals surface area contributed by atoms with Crippen molar-refractivity contribution in [2.45, 2.75) is 10.8 Å². The van der Waals surface area contributed by atoms with Gasteiger partial charge in [-0.05, 0) is 161 Å². The summed E-state index contributed by atoms with van der Waals surface area (Å²) in [7, 11) is 0. The Balaban J connectivity index is 0.868. The fraction of sp³-hybridized carbons (Fsp3) is 0.0270. The quantitative estimate of drug-likeness (QED) is 0.157. The van der Waals surface area contributed by atoms with Crippen LogP contribution in [0.3, 0.4) is 0 Å². The lowest BCUT2D eigenvalue weighted by atomic mass is 9.64. The van der Waals surface area contributed by atoms with Gasteiger partial charge in [-0.1, -0.05) is 224 Å². The molecule has 0 N–H and O–H groups in total. The number of para-hydroxylation sites is 2. The SMILES string of the molecule is c1ccc(-c2cccc(N(c3ccc(-c4ccc5c(c4)C4(c6ccccc6)c6ccccc6N(c6ccccc6)c6cccc-5c64)cc3)c3ccc4c(c3)C3(c5ccccc5-c5ccccc53)c3ccccc3-4)c2)cc1. The number of fused-ring (bicyclic) bond motifs is 15. The second-order valence-electron chi connectivity index (χ2n) is 20.7. The van der Waals surface area contributed by atoms with E-state index in [2.05, 4.69) is 301 Å². The Hall–Kier alpha value is -9.76. The minimum absolute atomic E-state index is 0.458. The number of anilines is 6. The van der Waals surface area contributed by atoms with Gasteiger partial charge in [-0.3, -0.25) is 0 Å². The van der Waals surface area contributed by atoms with Crippen LogP contribution in [0.5, 0.6) is 0 Å². The largest absolute Gasteiger partial charge is 0.310 e. The third kappa shape index (κ3) is 5.81. The number of nitrogens with zero attached hydrogens (tertiary/aromatic N) is 2. The highest BCUT2D eigenvalue weighted by Crippen LogP contribution is 2.66. The maximum Gasteiger partial charge on any atom is 0.0754 e. The van der Waals surface area contributed by atoms with Crippen LogP contribution in [0.4, 0.5) is 34.1 Å². The van der Waals surface area contributed by atoms with Crippen LogP contribution in [0.25, 0.3) is 55.6 Å². The van der Waals surface area contributed by atoms with E-state index < -0.39 is 10.8 Å². The summed E-state index contributed by atoms with van der Waals surface area (Å²) in [6, 6.07) is 109. The molecular weight excluding hydrogens is 917 g/mol. The molecule has 2 heteroatoms. The molecule has 3 aliphatic carbocycles. The predicted octanol–water partition coefficient (Wildman–Crippen LogP) is 19.0. The highest BCUT2D eigenvalue weighted by atomic mass is 15.2. The second kappa shape index (κ2) is 16.4. The smallest absolute Gasteiger partial charge is 0.0754 e. The van der Waals surface area contributed by atoms with Crippen LogP contribution in [0.15, 0.2) is 291 Å². The molecule has 1 heterocycles. The van der Waals surface area contributed by atoms with Crippen molar-refractivity contribution in [1.82, 2.24) is 0 Å². The Kier molecular flexibility index (Phi) is 9.20. The van der Waals surface area contributed by atoms with E-state index >= 15 is 0 Å². The first-order valence-electron chi connectivity index (χ1n) is 26.5. The molecule has 1 atom stereocenters. The maximum atomic E-state index is 2.49. The fourth-order valence-corrected chi connectivity index (χ4v) is 14.1. The summed E-state index contributed by atoms with van der Waals surface area (Å²) in [6.07, 6.45) is 0. The molecule has 0 saturated heterocycles. The molecule has 0 aromatic heterocycles. The van der Waals surface area contributed by atoms with E-state index in [0.717, 1.165) is 22.7 Å². The summed E-state index contributed by atoms with van der Waals surface area (Å²) < 4.78 is 0. The molecule has 12 aromatic rings. The second-order valence-corrected chi connectivity index (χ2v) is 20.7. The summed E-state index contributed by atoms with van der Waals surface area (Å²) in [6.45, 7) is 0. The molecular formula is C74H48N2. The molecule has 12 aromatic carbocycles. The minimum Gasteiger partial charge on any atom is -0.310 e. The third-order valence-electron chi connectivity index (χ3n) is 17.1. The van der Waals surface area contributed by atoms with E-state index in [-0.39, 0.29) is 0 Å². The molecule has 1 spiro atoms. The van der Waals surface area contributed by atoms with Crippen LogP contribution in [0, 0.1) is 0 Å². The van der Waals surface area contributed by atoms with Crippen LogP contribution in [0.2, 0.25) is 0 Å². The van der Waals surface area contributed by atoms with Crippen molar-refractivity contribution < 1.29 is 0 Å². The van der Waals surface area contributed by atoms with Crippen LogP contribution >= 0.6 is 0 Å². The first-order chi connectivity index (χ1) is 37.7. The van der Waals surface area contributed by atoms with Crippen molar-refractivity contribution in [2.24, 2.45) is 0 Å². The lowest BCUT2D eigenvalue weighted by Gasteiger charge is -2.44. The van der Waals surface area contributed by atoms with Gasteiger partial charge in [-0.25, -0.2) is 0 Å². The summed E-state index contributed by atoms with van der Waals surface area (Å²) in [5, 5.41) is 0. The van der Waals surface area contributed by atoms with E-state index in [4.69, 9.17) is 0 Å². The third-order valence-corrected chi connectivity index (χ3v) is 17.1. The normalized spacial score (nSPS) is 15.2. The monoisotopic (exact) mass is 964 g/mol. The summed E-state index contributed by atoms with van der Waals surface area (Å²) in [5.74, 6) is 0. The van der Waals surface area contributed by atoms with Gasteiger partial charge in [-0.15, -0.1) is 0 Å². The topological polar surface area (TPSA) is 6.48 Å². The standard InChI is InChI=1S/C74H48N2/c1-4-20-49(21-5-1)51-22-18-27-56(46-51)75(57-43-45-61-60-30-12-15-34-66(60)74(69(61)48-57)64-32-13-10-28-58(64)59-29-11-14-33-65(59)74)55-41-38-50(39-42-55)52-40-44-62-63-31-19-37-71-72(63)73(68(62)47-52,53-23-6-2-7-24-53)67-35-16-17-36-70(67)76(71)54-25-8-3-9-26-54/h1-48H. The Morgan fingerprint density at radius 2 is 0.697 bits per heavy atom. The van der Waals surface area contributed by atoms with E-state index in [1.807, 2.05) is 0 Å². The number of hydrogen-bond donors (Lipinski definition) is 0. The molecule has 0 amide bonds. The maximum absolute atomic E-state index is 2.49. The van der Waals surface area contributed by atoms with Gasteiger partial charge in [0.05, 0.1) is 22.2 Å². The van der Waals surface area contributed by atoms with Gasteiger partial charge >= 0.3 is 0 Å². The van der Waals surface area contributed by atoms with Crippen LogP contribution in [0.1, 0.15) is 44.5 Å². The van der Waals surface area contributed by atoms with Crippen molar-refractivity contribution in [1.29, 1.82) is 0 Å². The van der Waals surface area contributed by atoms with E-state index in [1.165, 1.54) is 112 Å². The number of rotatable bonds is 7. The molecule has 1 aliphatic heterocycles. The van der Waals surface area contributed by atoms with Gasteiger partial charge in [0.1, 0.15) is 0 Å². The first kappa shape index (κ1) is 42.7. The van der Waals surface area contributed by atoms with Crippen LogP contribution < -0.4 is 9.80 Å². The van der Waals surface area contributed by atoms with Gasteiger partial charge < -0.3 is 9.80 Å². The molecule has 2 nitrogen and oxygen atoms in total. The van der Waals surface area contributed by atoms with Crippen molar-refractivity contribution >= 4 is 34.1 Å². The molecule has 0 bridgehead atoms. The number of benzene rings is 12. The van der Waals surface area contributed by atoms with Crippen molar-refractivity contribution in [3.8, 4) is 55.6 Å². The first-order valence-corrected chi connectivity index (χ1v) is 26.5. The highest BCUT2D eigenvalue weighted by molar-refractivity contribution is 6.01. The number of hydrogen-bond acceptors (Lipinski definition) is 2. The Bertz CT molecular complexity index is 4230. The van der Waals surface area contributed by atoms with Gasteiger partial charge in [0.15, 0.2) is 0 Å². The summed E-state index contributed by atoms with van der Waals surface area (Å²) in [4.78, 5) is 4.93. The molecule has 4 aliphatic rings. The lowest BCUT2D eigenvalue weighted by Crippen LogP contribution is -2.35. The highest BCUT2D eigenvalue weighted by Gasteiger charge is 2.54. The molecule has 0 saturated carbocycles. The lowest BCUT2D eigenvalue weighted by molar-refractivity contribution is 0.754. The van der Waals surface area contributed by atoms with Gasteiger partial charge in [0.25, 0.3) is 0 Å². The summed E-state index contributed by atoms with van der Waals surface area (Å²) in [5.41, 5.74) is 28.9. The summed E-state index contributed by atoms with van der Waals surface area (Å²) >= 11 is 0. The van der Waals surface area contributed by atoms with Gasteiger partial charge in [0, 0.05) is 28.3 Å². The predicted molar refractivity (Wildman–Crippen MR) is 314 cm³/mol. The minimum atomic E-state index is -0.536. The zero-order chi connectivity index (χ0) is 50.0. The van der Waals surface area contributed by atoms with E-state index in [9.17, 15) is 0 Å². The van der Waals surface area contributed by atoms with Crippen molar-refractivity contribution in [3.63, 3.8) is 0 Å². The van der Waals surface area contributed by atoms with Gasteiger partial charge in [-0.2, -0.15) is 0 Å². The van der Waals surface area contributed by atoms with E-state index in [0.29, 0.717) is 0 Å². The zero-order valence-corrected chi connectivity index (χ0v) is 41.6. The zero-order valence-electron chi connectivity index (χ0n) is 41.6. The Morgan fingerprint density at radius 1 is 0.250 bits per heavy atom. The van der Waals surface area contributed by atoms with Crippen LogP contribution in [-0.2, 0) is 10.8 Å². The molecule has 16 rings (SSSR count). The Morgan fingerprint density at radius 3 is 1.39 bits per heavy atom. The molecule has 76 heavy (non-hydrogen) atoms. The molecule has 1 unspecified atom stereocenters. The average molecular weight is 965 g/mol. The molecule has 0 radical (unpaired) electrons. The van der Waals surface area contributed by atoms with Crippen LogP contribution in [-0.4, -0.2) is 0 Å². The average Bonchev–Trinajstić information content (AvgIpc) is 4.11. The molecule has 354 valence electrons. The van der Waals surface area contributed by atoms with Crippen molar-refractivity contribution in [2.75, 3.05) is 9.80 Å². The Labute approximate surface area is 443 Å². The molecule has 0 fully saturated rings. The van der Waals surface area contributed by atoms with Gasteiger partial charge in [0.2, 0.25) is 0 Å².